The van der Waals surface area contributed by atoms with E-state index in [9.17, 15) is 9.59 Å². The van der Waals surface area contributed by atoms with Crippen molar-refractivity contribution in [1.82, 2.24) is 21.5 Å². The molecule has 1 heterocycles. The highest BCUT2D eigenvalue weighted by molar-refractivity contribution is 7.80. The Kier molecular flexibility index (Phi) is 2.80. The first-order valence-corrected chi connectivity index (χ1v) is 3.85. The smallest absolute Gasteiger partial charge is 0.286 e. The summed E-state index contributed by atoms with van der Waals surface area (Å²) in [6, 6.07) is 0. The zero-order chi connectivity index (χ0) is 9.84. The fourth-order valence-corrected chi connectivity index (χ4v) is 0.857. The van der Waals surface area contributed by atoms with Crippen molar-refractivity contribution in [2.75, 3.05) is 7.05 Å². The second-order valence-corrected chi connectivity index (χ2v) is 2.61. The lowest BCUT2D eigenvalue weighted by Crippen LogP contribution is -2.55. The number of hydrogen-bond acceptors (Lipinski definition) is 3. The van der Waals surface area contributed by atoms with Crippen LogP contribution in [0.2, 0.25) is 0 Å². The van der Waals surface area contributed by atoms with Gasteiger partial charge in [-0.3, -0.25) is 20.4 Å². The van der Waals surface area contributed by atoms with Gasteiger partial charge in [-0.25, -0.2) is 0 Å². The van der Waals surface area contributed by atoms with Crippen molar-refractivity contribution in [3.05, 3.63) is 11.8 Å². The highest BCUT2D eigenvalue weighted by Gasteiger charge is 2.17. The zero-order valence-corrected chi connectivity index (χ0v) is 7.62. The Morgan fingerprint density at radius 2 is 2.23 bits per heavy atom. The number of carbonyl (C=O) groups is 2. The van der Waals surface area contributed by atoms with Gasteiger partial charge in [-0.2, -0.15) is 0 Å². The molecule has 0 bridgehead atoms. The van der Waals surface area contributed by atoms with Gasteiger partial charge in [0.1, 0.15) is 5.70 Å². The fourth-order valence-electron chi connectivity index (χ4n) is 0.696. The molecule has 0 spiro atoms. The van der Waals surface area contributed by atoms with Gasteiger partial charge in [-0.15, -0.1) is 0 Å². The largest absolute Gasteiger partial charge is 0.356 e. The Balaban J connectivity index is 2.76. The van der Waals surface area contributed by atoms with Crippen LogP contribution in [0.3, 0.4) is 0 Å². The number of amides is 2. The minimum Gasteiger partial charge on any atom is -0.356 e. The molecule has 0 saturated carbocycles. The van der Waals surface area contributed by atoms with Crippen LogP contribution in [0.4, 0.5) is 0 Å². The number of likely N-dealkylation sites (N-methyl/N-ethyl adjacent to an activating group) is 1. The third-order valence-electron chi connectivity index (χ3n) is 1.30. The van der Waals surface area contributed by atoms with Crippen LogP contribution in [0.15, 0.2) is 11.8 Å². The summed E-state index contributed by atoms with van der Waals surface area (Å²) in [6.45, 7) is 0. The van der Waals surface area contributed by atoms with Crippen molar-refractivity contribution in [2.45, 2.75) is 0 Å². The third kappa shape index (κ3) is 2.41. The molecular weight excluding hydrogens is 192 g/mol. The predicted molar refractivity (Wildman–Crippen MR) is 49.2 cm³/mol. The lowest BCUT2D eigenvalue weighted by Gasteiger charge is -2.19. The molecule has 2 amide bonds. The average molecular weight is 200 g/mol. The quantitative estimate of drug-likeness (QED) is 0.294. The maximum atomic E-state index is 11.0. The standard InChI is InChI=1S/C6H8N4O2S/c1-7-4(11)2-3-5(12)9-10-6(13)8-3/h2H,1H3,(H,7,11)(H,9,12)(H2,8,10,13)/b3-2+. The van der Waals surface area contributed by atoms with Gasteiger partial charge < -0.3 is 10.6 Å². The lowest BCUT2D eigenvalue weighted by atomic mass is 10.3. The first kappa shape index (κ1) is 9.46. The molecule has 1 aliphatic heterocycles. The average Bonchev–Trinajstić information content (AvgIpc) is 2.11. The van der Waals surface area contributed by atoms with E-state index in [1.807, 2.05) is 0 Å². The van der Waals surface area contributed by atoms with E-state index in [1.54, 1.807) is 0 Å². The third-order valence-corrected chi connectivity index (χ3v) is 1.51. The SMILES string of the molecule is CNC(=O)/C=C1/NC(=S)NNC1=O. The molecule has 4 N–H and O–H groups in total. The van der Waals surface area contributed by atoms with Gasteiger partial charge in [-0.1, -0.05) is 0 Å². The molecule has 0 aliphatic carbocycles. The Morgan fingerprint density at radius 1 is 1.54 bits per heavy atom. The first-order chi connectivity index (χ1) is 6.13. The number of rotatable bonds is 1. The van der Waals surface area contributed by atoms with E-state index in [2.05, 4.69) is 21.5 Å². The Labute approximate surface area is 79.7 Å². The molecule has 1 aliphatic rings. The summed E-state index contributed by atoms with van der Waals surface area (Å²) < 4.78 is 0. The van der Waals surface area contributed by atoms with E-state index in [1.165, 1.54) is 7.05 Å². The second kappa shape index (κ2) is 3.85. The summed E-state index contributed by atoms with van der Waals surface area (Å²) in [4.78, 5) is 21.9. The van der Waals surface area contributed by atoms with Crippen LogP contribution in [0.1, 0.15) is 0 Å². The van der Waals surface area contributed by atoms with Crippen LogP contribution in [0, 0.1) is 0 Å². The van der Waals surface area contributed by atoms with Gasteiger partial charge in [0.05, 0.1) is 0 Å². The second-order valence-electron chi connectivity index (χ2n) is 2.21. The van der Waals surface area contributed by atoms with E-state index in [0.717, 1.165) is 6.08 Å². The summed E-state index contributed by atoms with van der Waals surface area (Å²) in [5.41, 5.74) is 4.79. The van der Waals surface area contributed by atoms with Crippen molar-refractivity contribution in [3.63, 3.8) is 0 Å². The molecule has 0 atom stereocenters. The van der Waals surface area contributed by atoms with Crippen molar-refractivity contribution in [2.24, 2.45) is 0 Å². The van der Waals surface area contributed by atoms with Crippen LogP contribution in [0.25, 0.3) is 0 Å². The Hall–Kier alpha value is -1.63. The molecule has 70 valence electrons. The number of thiocarbonyl (C=S) groups is 1. The van der Waals surface area contributed by atoms with E-state index in [0.29, 0.717) is 0 Å². The topological polar surface area (TPSA) is 82.3 Å². The van der Waals surface area contributed by atoms with E-state index in [-0.39, 0.29) is 16.7 Å². The molecule has 0 aromatic rings. The van der Waals surface area contributed by atoms with Gasteiger partial charge in [-0.05, 0) is 12.2 Å². The van der Waals surface area contributed by atoms with Gasteiger partial charge in [0.2, 0.25) is 5.91 Å². The normalized spacial score (nSPS) is 18.7. The Bertz CT molecular complexity index is 299. The lowest BCUT2D eigenvalue weighted by molar-refractivity contribution is -0.120. The summed E-state index contributed by atoms with van der Waals surface area (Å²) >= 11 is 4.72. The number of hydrogen-bond donors (Lipinski definition) is 4. The molecule has 0 aromatic heterocycles. The van der Waals surface area contributed by atoms with Gasteiger partial charge in [0.25, 0.3) is 5.91 Å². The molecule has 7 heteroatoms. The summed E-state index contributed by atoms with van der Waals surface area (Å²) in [7, 11) is 1.47. The monoisotopic (exact) mass is 200 g/mol. The summed E-state index contributed by atoms with van der Waals surface area (Å²) in [5, 5.41) is 5.13. The van der Waals surface area contributed by atoms with Crippen LogP contribution >= 0.6 is 12.2 Å². The van der Waals surface area contributed by atoms with Crippen LogP contribution in [-0.2, 0) is 9.59 Å². The van der Waals surface area contributed by atoms with Crippen LogP contribution in [0.5, 0.6) is 0 Å². The maximum absolute atomic E-state index is 11.0. The molecular formula is C6H8N4O2S. The first-order valence-electron chi connectivity index (χ1n) is 3.44. The van der Waals surface area contributed by atoms with Crippen molar-refractivity contribution >= 4 is 29.1 Å². The van der Waals surface area contributed by atoms with Crippen molar-refractivity contribution in [1.29, 1.82) is 0 Å². The fraction of sp³-hybridized carbons (Fsp3) is 0.167. The molecule has 0 unspecified atom stereocenters. The summed E-state index contributed by atoms with van der Waals surface area (Å²) in [6.07, 6.45) is 1.13. The van der Waals surface area contributed by atoms with E-state index in [4.69, 9.17) is 12.2 Å². The summed E-state index contributed by atoms with van der Waals surface area (Å²) in [5.74, 6) is -0.806. The van der Waals surface area contributed by atoms with Gasteiger partial charge >= 0.3 is 0 Å². The van der Waals surface area contributed by atoms with Gasteiger partial charge in [0.15, 0.2) is 5.11 Å². The highest BCUT2D eigenvalue weighted by Crippen LogP contribution is 1.92. The van der Waals surface area contributed by atoms with E-state index >= 15 is 0 Å². The number of nitrogens with one attached hydrogen (secondary N) is 4. The highest BCUT2D eigenvalue weighted by atomic mass is 32.1. The predicted octanol–water partition coefficient (Wildman–Crippen LogP) is -1.87. The molecule has 13 heavy (non-hydrogen) atoms. The zero-order valence-electron chi connectivity index (χ0n) is 6.80. The van der Waals surface area contributed by atoms with Crippen LogP contribution < -0.4 is 21.5 Å². The molecule has 6 nitrogen and oxygen atoms in total. The Morgan fingerprint density at radius 3 is 2.85 bits per heavy atom. The van der Waals surface area contributed by atoms with E-state index < -0.39 is 5.91 Å². The molecule has 0 aromatic carbocycles. The molecule has 0 radical (unpaired) electrons. The van der Waals surface area contributed by atoms with Crippen LogP contribution in [-0.4, -0.2) is 24.0 Å². The number of carbonyl (C=O) groups excluding carboxylic acids is 2. The molecule has 1 rings (SSSR count). The minimum atomic E-state index is -0.433. The number of hydrazine groups is 1. The van der Waals surface area contributed by atoms with Crippen molar-refractivity contribution < 1.29 is 9.59 Å². The van der Waals surface area contributed by atoms with Gasteiger partial charge in [0, 0.05) is 13.1 Å². The molecule has 1 saturated heterocycles. The maximum Gasteiger partial charge on any atom is 0.286 e. The van der Waals surface area contributed by atoms with Crippen molar-refractivity contribution in [3.8, 4) is 0 Å². The molecule has 1 fully saturated rings. The minimum absolute atomic E-state index is 0.114.